The number of anilines is 2. The predicted octanol–water partition coefficient (Wildman–Crippen LogP) is 3.16. The number of aliphatic hydroxyl groups is 1. The molecule has 0 spiro atoms. The van der Waals surface area contributed by atoms with Gasteiger partial charge in [0.15, 0.2) is 12.2 Å². The lowest BCUT2D eigenvalue weighted by atomic mass is 10.1. The van der Waals surface area contributed by atoms with Gasteiger partial charge in [0.25, 0.3) is 11.8 Å². The quantitative estimate of drug-likeness (QED) is 0.263. The van der Waals surface area contributed by atoms with Gasteiger partial charge < -0.3 is 25.8 Å². The highest BCUT2D eigenvalue weighted by molar-refractivity contribution is 6.04. The molecule has 0 aliphatic carbocycles. The molecular formula is C21H19ClF6N4O4. The van der Waals surface area contributed by atoms with E-state index in [0.29, 0.717) is 22.6 Å². The molecule has 8 nitrogen and oxygen atoms in total. The van der Waals surface area contributed by atoms with E-state index in [1.54, 1.807) is 0 Å². The minimum absolute atomic E-state index is 0. The van der Waals surface area contributed by atoms with Crippen LogP contribution in [0, 0.1) is 5.41 Å². The summed E-state index contributed by atoms with van der Waals surface area (Å²) in [7, 11) is 0. The number of hydrogen-bond donors (Lipinski definition) is 4. The number of benzene rings is 2. The summed E-state index contributed by atoms with van der Waals surface area (Å²) in [5.41, 5.74) is 1.89. The summed E-state index contributed by atoms with van der Waals surface area (Å²) in [6.45, 7) is -0.777. The number of ether oxygens (including phenoxy) is 1. The smallest absolute Gasteiger partial charge is 0.384 e. The van der Waals surface area contributed by atoms with Crippen LogP contribution in [0.15, 0.2) is 42.5 Å². The van der Waals surface area contributed by atoms with Gasteiger partial charge in [0, 0.05) is 23.5 Å². The number of nitrogen functional groups attached to an aromatic ring is 1. The van der Waals surface area contributed by atoms with E-state index >= 15 is 0 Å². The maximum Gasteiger partial charge on any atom is 0.416 e. The number of carbonyl (C=O) groups is 2. The summed E-state index contributed by atoms with van der Waals surface area (Å²) in [5, 5.41) is 20.0. The third-order valence-corrected chi connectivity index (χ3v) is 5.02. The Balaban J connectivity index is 0.00000456. The zero-order valence-electron chi connectivity index (χ0n) is 18.0. The van der Waals surface area contributed by atoms with E-state index in [-0.39, 0.29) is 36.6 Å². The van der Waals surface area contributed by atoms with Gasteiger partial charge in [-0.05, 0) is 42.5 Å². The van der Waals surface area contributed by atoms with E-state index in [2.05, 4.69) is 5.32 Å². The van der Waals surface area contributed by atoms with Crippen LogP contribution in [0.5, 0.6) is 0 Å². The van der Waals surface area contributed by atoms with E-state index in [0.717, 1.165) is 0 Å². The van der Waals surface area contributed by atoms with Crippen molar-refractivity contribution in [3.05, 3.63) is 59.2 Å². The highest BCUT2D eigenvalue weighted by Crippen LogP contribution is 2.39. The molecule has 1 fully saturated rings. The highest BCUT2D eigenvalue weighted by atomic mass is 35.5. The van der Waals surface area contributed by atoms with Gasteiger partial charge in [0.05, 0.1) is 17.7 Å². The fraction of sp³-hybridized carbons (Fsp3) is 0.286. The molecule has 2 aromatic rings. The van der Waals surface area contributed by atoms with Crippen LogP contribution in [0.4, 0.5) is 37.7 Å². The van der Waals surface area contributed by atoms with Crippen molar-refractivity contribution >= 4 is 41.4 Å². The van der Waals surface area contributed by atoms with Gasteiger partial charge in [-0.2, -0.15) is 26.3 Å². The molecule has 1 aliphatic rings. The molecule has 0 saturated carbocycles. The summed E-state index contributed by atoms with van der Waals surface area (Å²) in [4.78, 5) is 25.8. The van der Waals surface area contributed by atoms with Crippen LogP contribution in [0.3, 0.4) is 0 Å². The summed E-state index contributed by atoms with van der Waals surface area (Å²) in [6, 6.07) is 6.19. The molecule has 2 aromatic carbocycles. The molecule has 36 heavy (non-hydrogen) atoms. The molecule has 0 aromatic heterocycles. The summed E-state index contributed by atoms with van der Waals surface area (Å²) < 4.78 is 84.2. The van der Waals surface area contributed by atoms with Crippen molar-refractivity contribution in [3.8, 4) is 0 Å². The molecule has 0 unspecified atom stereocenters. The number of morpholine rings is 1. The monoisotopic (exact) mass is 540 g/mol. The standard InChI is InChI=1S/C21H18F6N4O4.ClH/c22-20(23,24)11-7-12(21(25,26)27)9-14(8-11)31-5-6-35-16(19(31)34)15(32)18(33)30-13-3-1-10(2-4-13)17(28)29;/h1-4,7-9,15-16,32H,5-6H2,(H3,28,29)(H,30,33);1H/t15-,16-;/m1./s1. The third kappa shape index (κ3) is 6.44. The number of nitrogens with zero attached hydrogens (tertiary/aromatic N) is 1. The maximum absolute atomic E-state index is 13.2. The van der Waals surface area contributed by atoms with Gasteiger partial charge in [-0.1, -0.05) is 0 Å². The van der Waals surface area contributed by atoms with Crippen molar-refractivity contribution < 1.29 is 45.8 Å². The predicted molar refractivity (Wildman–Crippen MR) is 118 cm³/mol. The first-order chi connectivity index (χ1) is 16.2. The van der Waals surface area contributed by atoms with Crippen LogP contribution in [-0.4, -0.2) is 48.1 Å². The van der Waals surface area contributed by atoms with Gasteiger partial charge in [-0.15, -0.1) is 12.4 Å². The average molecular weight is 541 g/mol. The second-order valence-electron chi connectivity index (χ2n) is 7.47. The second kappa shape index (κ2) is 10.7. The van der Waals surface area contributed by atoms with Gasteiger partial charge in [0.1, 0.15) is 5.84 Å². The highest BCUT2D eigenvalue weighted by Gasteiger charge is 2.42. The molecule has 1 aliphatic heterocycles. The summed E-state index contributed by atoms with van der Waals surface area (Å²) in [6.07, 6.45) is -14.3. The SMILES string of the molecule is Cl.N=C(N)c1ccc(NC(=O)[C@H](O)[C@H]2OCCN(c3cc(C(F)(F)F)cc(C(F)(F)F)c3)C2=O)cc1. The van der Waals surface area contributed by atoms with E-state index in [1.807, 2.05) is 0 Å². The number of rotatable bonds is 5. The number of halogens is 7. The van der Waals surface area contributed by atoms with Crippen LogP contribution in [0.1, 0.15) is 16.7 Å². The zero-order valence-corrected chi connectivity index (χ0v) is 18.8. The van der Waals surface area contributed by atoms with Crippen molar-refractivity contribution in [2.75, 3.05) is 23.4 Å². The number of carbonyl (C=O) groups excluding carboxylic acids is 2. The van der Waals surface area contributed by atoms with Crippen molar-refractivity contribution in [1.82, 2.24) is 0 Å². The first kappa shape index (κ1) is 28.9. The maximum atomic E-state index is 13.2. The number of aliphatic hydroxyl groups excluding tert-OH is 1. The van der Waals surface area contributed by atoms with Gasteiger partial charge >= 0.3 is 12.4 Å². The largest absolute Gasteiger partial charge is 0.416 e. The first-order valence-electron chi connectivity index (χ1n) is 9.84. The van der Waals surface area contributed by atoms with Crippen molar-refractivity contribution in [2.24, 2.45) is 5.73 Å². The van der Waals surface area contributed by atoms with E-state index in [4.69, 9.17) is 15.9 Å². The number of amides is 2. The Bertz CT molecular complexity index is 1110. The normalized spacial score (nSPS) is 17.2. The van der Waals surface area contributed by atoms with Crippen molar-refractivity contribution in [2.45, 2.75) is 24.6 Å². The summed E-state index contributed by atoms with van der Waals surface area (Å²) in [5.74, 6) is -2.54. The number of nitrogens with one attached hydrogen (secondary N) is 2. The molecular weight excluding hydrogens is 522 g/mol. The second-order valence-corrected chi connectivity index (χ2v) is 7.47. The Morgan fingerprint density at radius 1 is 1.08 bits per heavy atom. The Labute approximate surface area is 205 Å². The number of hydrogen-bond acceptors (Lipinski definition) is 5. The molecule has 3 rings (SSSR count). The fourth-order valence-corrected chi connectivity index (χ4v) is 3.27. The van der Waals surface area contributed by atoms with Crippen LogP contribution in [-0.2, 0) is 26.7 Å². The van der Waals surface area contributed by atoms with Gasteiger partial charge in [0.2, 0.25) is 0 Å². The first-order valence-corrected chi connectivity index (χ1v) is 9.84. The number of amidine groups is 1. The molecule has 1 saturated heterocycles. The minimum atomic E-state index is -5.12. The van der Waals surface area contributed by atoms with Crippen molar-refractivity contribution in [3.63, 3.8) is 0 Å². The van der Waals surface area contributed by atoms with Crippen LogP contribution >= 0.6 is 12.4 Å². The minimum Gasteiger partial charge on any atom is -0.384 e. The Hall–Kier alpha value is -3.36. The van der Waals surface area contributed by atoms with Crippen molar-refractivity contribution in [1.29, 1.82) is 5.41 Å². The fourth-order valence-electron chi connectivity index (χ4n) is 3.27. The van der Waals surface area contributed by atoms with Gasteiger partial charge in [-0.3, -0.25) is 15.0 Å². The Morgan fingerprint density at radius 2 is 1.61 bits per heavy atom. The molecule has 5 N–H and O–H groups in total. The molecule has 196 valence electrons. The van der Waals surface area contributed by atoms with E-state index in [1.165, 1.54) is 24.3 Å². The van der Waals surface area contributed by atoms with E-state index in [9.17, 15) is 41.0 Å². The molecule has 1 heterocycles. The van der Waals surface area contributed by atoms with Crippen LogP contribution in [0.2, 0.25) is 0 Å². The topological polar surface area (TPSA) is 129 Å². The molecule has 2 amide bonds. The molecule has 2 atom stereocenters. The van der Waals surface area contributed by atoms with Crippen LogP contribution in [0.25, 0.3) is 0 Å². The number of alkyl halides is 6. The Kier molecular flexibility index (Phi) is 8.60. The zero-order chi connectivity index (χ0) is 26.1. The Morgan fingerprint density at radius 3 is 2.08 bits per heavy atom. The average Bonchev–Trinajstić information content (AvgIpc) is 2.77. The van der Waals surface area contributed by atoms with E-state index < -0.39 is 59.7 Å². The number of nitrogens with two attached hydrogens (primary N) is 1. The summed E-state index contributed by atoms with van der Waals surface area (Å²) >= 11 is 0. The molecule has 15 heteroatoms. The molecule has 0 radical (unpaired) electrons. The lowest BCUT2D eigenvalue weighted by Crippen LogP contribution is -2.55. The molecule has 0 bridgehead atoms. The third-order valence-electron chi connectivity index (χ3n) is 5.02. The van der Waals surface area contributed by atoms with Gasteiger partial charge in [-0.25, -0.2) is 0 Å². The lowest BCUT2D eigenvalue weighted by Gasteiger charge is -2.34. The van der Waals surface area contributed by atoms with Crippen LogP contribution < -0.4 is 16.0 Å². The lowest BCUT2D eigenvalue weighted by molar-refractivity contribution is -0.150.